The van der Waals surface area contributed by atoms with E-state index < -0.39 is 0 Å². The Kier molecular flexibility index (Phi) is 4.31. The van der Waals surface area contributed by atoms with Crippen LogP contribution in [0.4, 0.5) is 0 Å². The maximum atomic E-state index is 9.30. The lowest BCUT2D eigenvalue weighted by molar-refractivity contribution is 0.154. The fraction of sp³-hybridized carbons (Fsp3) is 0.188. The molecule has 0 fully saturated rings. The monoisotopic (exact) mass is 255 g/mol. The summed E-state index contributed by atoms with van der Waals surface area (Å²) in [6, 6.07) is 17.5. The van der Waals surface area contributed by atoms with Gasteiger partial charge >= 0.3 is 0 Å². The van der Waals surface area contributed by atoms with Gasteiger partial charge in [0.15, 0.2) is 0 Å². The Labute approximate surface area is 113 Å². The highest BCUT2D eigenvalue weighted by atomic mass is 16.5. The number of methoxy groups -OCH3 is 1. The van der Waals surface area contributed by atoms with Gasteiger partial charge in [-0.15, -0.1) is 0 Å². The molecule has 2 aromatic rings. The maximum absolute atomic E-state index is 9.30. The van der Waals surface area contributed by atoms with Crippen LogP contribution in [0, 0.1) is 6.92 Å². The van der Waals surface area contributed by atoms with E-state index in [1.54, 1.807) is 7.11 Å². The lowest BCUT2D eigenvalue weighted by atomic mass is 9.98. The molecule has 0 aliphatic rings. The second-order valence-corrected chi connectivity index (χ2v) is 4.38. The Morgan fingerprint density at radius 3 is 2.21 bits per heavy atom. The zero-order chi connectivity index (χ0) is 13.7. The molecule has 0 heterocycles. The summed E-state index contributed by atoms with van der Waals surface area (Å²) in [5, 5.41) is 12.7. The maximum Gasteiger partial charge on any atom is 0.128 e. The van der Waals surface area contributed by atoms with Gasteiger partial charge in [-0.1, -0.05) is 65.3 Å². The van der Waals surface area contributed by atoms with Crippen LogP contribution in [-0.4, -0.2) is 18.0 Å². The average Bonchev–Trinajstić information content (AvgIpc) is 2.47. The summed E-state index contributed by atoms with van der Waals surface area (Å²) < 4.78 is 5.49. The second kappa shape index (κ2) is 6.16. The number of aryl methyl sites for hydroxylation is 1. The molecule has 1 N–H and O–H groups in total. The first kappa shape index (κ1) is 13.3. The molecule has 0 saturated heterocycles. The van der Waals surface area contributed by atoms with Gasteiger partial charge in [0.05, 0.1) is 0 Å². The second-order valence-electron chi connectivity index (χ2n) is 4.38. The molecule has 3 heteroatoms. The molecular formula is C16H17NO2. The predicted octanol–water partition coefficient (Wildman–Crippen LogP) is 3.56. The molecule has 0 amide bonds. The smallest absolute Gasteiger partial charge is 0.128 e. The quantitative estimate of drug-likeness (QED) is 0.515. The Morgan fingerprint density at radius 1 is 1.05 bits per heavy atom. The van der Waals surface area contributed by atoms with Crippen molar-refractivity contribution in [2.45, 2.75) is 13.0 Å². The van der Waals surface area contributed by atoms with Gasteiger partial charge in [0, 0.05) is 12.7 Å². The van der Waals surface area contributed by atoms with Crippen molar-refractivity contribution in [2.24, 2.45) is 5.16 Å². The Morgan fingerprint density at radius 2 is 1.68 bits per heavy atom. The number of hydrogen-bond donors (Lipinski definition) is 1. The summed E-state index contributed by atoms with van der Waals surface area (Å²) in [5.74, 6) is 0. The molecule has 0 aliphatic heterocycles. The summed E-state index contributed by atoms with van der Waals surface area (Å²) in [6.07, 6.45) is -0.381. The van der Waals surface area contributed by atoms with E-state index in [0.717, 1.165) is 11.1 Å². The molecule has 0 spiro atoms. The Bertz CT molecular complexity index is 547. The van der Waals surface area contributed by atoms with Crippen LogP contribution in [0.15, 0.2) is 59.8 Å². The van der Waals surface area contributed by atoms with Crippen LogP contribution >= 0.6 is 0 Å². The fourth-order valence-corrected chi connectivity index (χ4v) is 2.02. The van der Waals surface area contributed by atoms with Gasteiger partial charge in [-0.2, -0.15) is 0 Å². The van der Waals surface area contributed by atoms with Gasteiger partial charge in [0.25, 0.3) is 0 Å². The normalized spacial score (nSPS) is 13.3. The van der Waals surface area contributed by atoms with Crippen molar-refractivity contribution in [3.8, 4) is 0 Å². The number of hydrogen-bond acceptors (Lipinski definition) is 3. The van der Waals surface area contributed by atoms with E-state index in [4.69, 9.17) is 4.74 Å². The van der Waals surface area contributed by atoms with E-state index in [9.17, 15) is 5.21 Å². The molecule has 1 unspecified atom stereocenters. The lowest BCUT2D eigenvalue weighted by Gasteiger charge is -2.17. The van der Waals surface area contributed by atoms with Gasteiger partial charge in [-0.25, -0.2) is 0 Å². The van der Waals surface area contributed by atoms with Gasteiger partial charge in [0.2, 0.25) is 0 Å². The van der Waals surface area contributed by atoms with Crippen molar-refractivity contribution in [1.82, 2.24) is 0 Å². The molecule has 98 valence electrons. The third-order valence-corrected chi connectivity index (χ3v) is 3.04. The lowest BCUT2D eigenvalue weighted by Crippen LogP contribution is -2.16. The fourth-order valence-electron chi connectivity index (χ4n) is 2.02. The molecule has 0 aliphatic carbocycles. The van der Waals surface area contributed by atoms with Crippen LogP contribution in [0.25, 0.3) is 0 Å². The zero-order valence-corrected chi connectivity index (χ0v) is 11.1. The SMILES string of the molecule is COC(C(=NO)c1ccccc1)c1ccc(C)cc1. The highest BCUT2D eigenvalue weighted by molar-refractivity contribution is 6.03. The summed E-state index contributed by atoms with van der Waals surface area (Å²) in [7, 11) is 1.61. The molecule has 2 rings (SSSR count). The molecule has 0 aromatic heterocycles. The highest BCUT2D eigenvalue weighted by Crippen LogP contribution is 2.23. The van der Waals surface area contributed by atoms with Crippen molar-refractivity contribution < 1.29 is 9.94 Å². The number of nitrogens with zero attached hydrogens (tertiary/aromatic N) is 1. The Hall–Kier alpha value is -2.13. The van der Waals surface area contributed by atoms with Crippen LogP contribution in [-0.2, 0) is 4.74 Å². The first-order valence-corrected chi connectivity index (χ1v) is 6.13. The largest absolute Gasteiger partial charge is 0.411 e. The average molecular weight is 255 g/mol. The van der Waals surface area contributed by atoms with Gasteiger partial charge in [-0.05, 0) is 12.5 Å². The molecule has 0 radical (unpaired) electrons. The van der Waals surface area contributed by atoms with Crippen LogP contribution in [0.2, 0.25) is 0 Å². The minimum Gasteiger partial charge on any atom is -0.411 e. The van der Waals surface area contributed by atoms with Crippen molar-refractivity contribution in [3.05, 3.63) is 71.3 Å². The van der Waals surface area contributed by atoms with E-state index in [1.165, 1.54) is 5.56 Å². The number of rotatable bonds is 4. The topological polar surface area (TPSA) is 41.8 Å². The van der Waals surface area contributed by atoms with Crippen molar-refractivity contribution in [1.29, 1.82) is 0 Å². The third-order valence-electron chi connectivity index (χ3n) is 3.04. The Balaban J connectivity index is 2.38. The number of oxime groups is 1. The van der Waals surface area contributed by atoms with Crippen LogP contribution in [0.1, 0.15) is 22.8 Å². The molecule has 0 bridgehead atoms. The summed E-state index contributed by atoms with van der Waals surface area (Å²) >= 11 is 0. The van der Waals surface area contributed by atoms with Gasteiger partial charge in [0.1, 0.15) is 11.8 Å². The minimum atomic E-state index is -0.381. The molecular weight excluding hydrogens is 238 g/mol. The summed E-state index contributed by atoms with van der Waals surface area (Å²) in [6.45, 7) is 2.03. The molecule has 3 nitrogen and oxygen atoms in total. The van der Waals surface area contributed by atoms with Crippen LogP contribution < -0.4 is 0 Å². The first-order chi connectivity index (χ1) is 9.26. The van der Waals surface area contributed by atoms with Gasteiger partial charge < -0.3 is 9.94 Å². The van der Waals surface area contributed by atoms with Crippen molar-refractivity contribution >= 4 is 5.71 Å². The minimum absolute atomic E-state index is 0.381. The summed E-state index contributed by atoms with van der Waals surface area (Å²) in [5.41, 5.74) is 3.50. The van der Waals surface area contributed by atoms with Gasteiger partial charge in [-0.3, -0.25) is 0 Å². The molecule has 1 atom stereocenters. The van der Waals surface area contributed by atoms with E-state index >= 15 is 0 Å². The van der Waals surface area contributed by atoms with Crippen LogP contribution in [0.5, 0.6) is 0 Å². The van der Waals surface area contributed by atoms with Crippen molar-refractivity contribution in [2.75, 3.05) is 7.11 Å². The zero-order valence-electron chi connectivity index (χ0n) is 11.1. The number of benzene rings is 2. The first-order valence-electron chi connectivity index (χ1n) is 6.13. The predicted molar refractivity (Wildman–Crippen MR) is 75.7 cm³/mol. The van der Waals surface area contributed by atoms with Crippen LogP contribution in [0.3, 0.4) is 0 Å². The molecule has 0 saturated carbocycles. The van der Waals surface area contributed by atoms with E-state index in [1.807, 2.05) is 61.5 Å². The van der Waals surface area contributed by atoms with E-state index in [-0.39, 0.29) is 6.10 Å². The molecule has 2 aromatic carbocycles. The summed E-state index contributed by atoms with van der Waals surface area (Å²) in [4.78, 5) is 0. The number of ether oxygens (including phenoxy) is 1. The highest BCUT2D eigenvalue weighted by Gasteiger charge is 2.20. The standard InChI is InChI=1S/C16H17NO2/c1-12-8-10-14(11-9-12)16(19-2)15(17-18)13-6-4-3-5-7-13/h3-11,16,18H,1-2H3. The third kappa shape index (κ3) is 3.01. The van der Waals surface area contributed by atoms with E-state index in [2.05, 4.69) is 5.16 Å². The van der Waals surface area contributed by atoms with Crippen molar-refractivity contribution in [3.63, 3.8) is 0 Å². The van der Waals surface area contributed by atoms with E-state index in [0.29, 0.717) is 5.71 Å². The molecule has 19 heavy (non-hydrogen) atoms.